The number of carbonyl (C=O) groups is 3. The van der Waals surface area contributed by atoms with E-state index in [0.29, 0.717) is 18.8 Å². The van der Waals surface area contributed by atoms with Gasteiger partial charge < -0.3 is 19.6 Å². The minimum Gasteiger partial charge on any atom is -0.497 e. The largest absolute Gasteiger partial charge is 0.497 e. The van der Waals surface area contributed by atoms with Gasteiger partial charge in [-0.15, -0.1) is 0 Å². The van der Waals surface area contributed by atoms with E-state index in [1.54, 1.807) is 25.3 Å². The summed E-state index contributed by atoms with van der Waals surface area (Å²) in [5.74, 6) is -1.90. The van der Waals surface area contributed by atoms with Gasteiger partial charge in [0.15, 0.2) is 0 Å². The van der Waals surface area contributed by atoms with E-state index < -0.39 is 24.3 Å². The van der Waals surface area contributed by atoms with Crippen molar-refractivity contribution in [1.29, 1.82) is 0 Å². The van der Waals surface area contributed by atoms with E-state index in [0.717, 1.165) is 10.5 Å². The highest BCUT2D eigenvalue weighted by Crippen LogP contribution is 2.16. The van der Waals surface area contributed by atoms with Gasteiger partial charge in [0, 0.05) is 19.6 Å². The Hall–Kier alpha value is -2.57. The molecule has 0 spiro atoms. The summed E-state index contributed by atoms with van der Waals surface area (Å²) in [5, 5.41) is 8.70. The minimum absolute atomic E-state index is 0.223. The SMILES string of the molecule is COc1cccc(CN2CCN(CC(=O)O)C(=O)C2=O)c1. The van der Waals surface area contributed by atoms with Crippen LogP contribution < -0.4 is 4.74 Å². The standard InChI is InChI=1S/C14H16N2O5/c1-21-11-4-2-3-10(7-11)8-15-5-6-16(9-12(17)18)14(20)13(15)19/h2-4,7H,5-6,8-9H2,1H3,(H,17,18). The van der Waals surface area contributed by atoms with E-state index in [4.69, 9.17) is 9.84 Å². The Morgan fingerprint density at radius 3 is 2.57 bits per heavy atom. The molecule has 7 heteroatoms. The Morgan fingerprint density at radius 1 is 1.24 bits per heavy atom. The fraction of sp³-hybridized carbons (Fsp3) is 0.357. The fourth-order valence-electron chi connectivity index (χ4n) is 2.17. The predicted molar refractivity (Wildman–Crippen MR) is 72.6 cm³/mol. The molecule has 1 aromatic carbocycles. The molecule has 0 aromatic heterocycles. The average Bonchev–Trinajstić information content (AvgIpc) is 2.47. The zero-order chi connectivity index (χ0) is 15.4. The summed E-state index contributed by atoms with van der Waals surface area (Å²) < 4.78 is 5.11. The first-order valence-corrected chi connectivity index (χ1v) is 6.44. The Balaban J connectivity index is 2.04. The second kappa shape index (κ2) is 6.25. The van der Waals surface area contributed by atoms with Gasteiger partial charge in [-0.25, -0.2) is 0 Å². The summed E-state index contributed by atoms with van der Waals surface area (Å²) in [6, 6.07) is 7.23. The van der Waals surface area contributed by atoms with Crippen LogP contribution in [-0.4, -0.2) is 59.4 Å². The Morgan fingerprint density at radius 2 is 1.90 bits per heavy atom. The van der Waals surface area contributed by atoms with Crippen LogP contribution in [0.2, 0.25) is 0 Å². The van der Waals surface area contributed by atoms with Gasteiger partial charge in [-0.2, -0.15) is 0 Å². The van der Waals surface area contributed by atoms with Crippen molar-refractivity contribution < 1.29 is 24.2 Å². The maximum atomic E-state index is 12.0. The molecular formula is C14H16N2O5. The molecule has 0 radical (unpaired) electrons. The Bertz CT molecular complexity index is 572. The summed E-state index contributed by atoms with van der Waals surface area (Å²) in [4.78, 5) is 36.9. The number of methoxy groups -OCH3 is 1. The highest BCUT2D eigenvalue weighted by Gasteiger charge is 2.33. The number of piperazine rings is 1. The van der Waals surface area contributed by atoms with Crippen molar-refractivity contribution in [3.63, 3.8) is 0 Å². The Kier molecular flexibility index (Phi) is 4.42. The third-order valence-electron chi connectivity index (χ3n) is 3.23. The molecule has 2 rings (SSSR count). The van der Waals surface area contributed by atoms with Crippen molar-refractivity contribution in [1.82, 2.24) is 9.80 Å². The topological polar surface area (TPSA) is 87.2 Å². The number of aliphatic carboxylic acids is 1. The average molecular weight is 292 g/mol. The molecule has 2 amide bonds. The Labute approximate surface area is 121 Å². The van der Waals surface area contributed by atoms with Gasteiger partial charge in [0.05, 0.1) is 7.11 Å². The van der Waals surface area contributed by atoms with Crippen molar-refractivity contribution >= 4 is 17.8 Å². The number of ether oxygens (including phenoxy) is 1. The smallest absolute Gasteiger partial charge is 0.323 e. The molecule has 1 saturated heterocycles. The molecule has 1 fully saturated rings. The van der Waals surface area contributed by atoms with Crippen LogP contribution >= 0.6 is 0 Å². The minimum atomic E-state index is -1.13. The number of rotatable bonds is 5. The van der Waals surface area contributed by atoms with Crippen molar-refractivity contribution in [3.05, 3.63) is 29.8 Å². The molecule has 112 valence electrons. The second-order valence-electron chi connectivity index (χ2n) is 4.70. The van der Waals surface area contributed by atoms with Crippen molar-refractivity contribution in [3.8, 4) is 5.75 Å². The van der Waals surface area contributed by atoms with Crippen LogP contribution in [0, 0.1) is 0 Å². The lowest BCUT2D eigenvalue weighted by atomic mass is 10.2. The van der Waals surface area contributed by atoms with Crippen LogP contribution in [0.25, 0.3) is 0 Å². The first kappa shape index (κ1) is 14.8. The number of carboxylic acid groups (broad SMARTS) is 1. The maximum Gasteiger partial charge on any atom is 0.323 e. The van der Waals surface area contributed by atoms with E-state index in [1.807, 2.05) is 6.07 Å². The third kappa shape index (κ3) is 3.50. The monoisotopic (exact) mass is 292 g/mol. The van der Waals surface area contributed by atoms with Crippen LogP contribution in [-0.2, 0) is 20.9 Å². The fourth-order valence-corrected chi connectivity index (χ4v) is 2.17. The van der Waals surface area contributed by atoms with E-state index >= 15 is 0 Å². The molecule has 1 heterocycles. The van der Waals surface area contributed by atoms with E-state index in [1.165, 1.54) is 4.90 Å². The van der Waals surface area contributed by atoms with Crippen LogP contribution in [0.5, 0.6) is 5.75 Å². The van der Waals surface area contributed by atoms with Gasteiger partial charge in [0.25, 0.3) is 0 Å². The first-order chi connectivity index (χ1) is 10.0. The van der Waals surface area contributed by atoms with Gasteiger partial charge >= 0.3 is 17.8 Å². The summed E-state index contributed by atoms with van der Waals surface area (Å²) in [7, 11) is 1.55. The van der Waals surface area contributed by atoms with Gasteiger partial charge in [-0.1, -0.05) is 12.1 Å². The molecule has 0 aliphatic carbocycles. The highest BCUT2D eigenvalue weighted by atomic mass is 16.5. The molecule has 0 unspecified atom stereocenters. The van der Waals surface area contributed by atoms with Crippen molar-refractivity contribution in [2.45, 2.75) is 6.54 Å². The van der Waals surface area contributed by atoms with Crippen molar-refractivity contribution in [2.75, 3.05) is 26.7 Å². The highest BCUT2D eigenvalue weighted by molar-refractivity contribution is 6.35. The summed E-state index contributed by atoms with van der Waals surface area (Å²) >= 11 is 0. The first-order valence-electron chi connectivity index (χ1n) is 6.44. The number of hydrogen-bond acceptors (Lipinski definition) is 4. The lowest BCUT2D eigenvalue weighted by Gasteiger charge is -2.32. The molecule has 1 aromatic rings. The predicted octanol–water partition coefficient (Wildman–Crippen LogP) is -0.0494. The molecule has 0 saturated carbocycles. The van der Waals surface area contributed by atoms with Gasteiger partial charge in [-0.05, 0) is 17.7 Å². The molecule has 0 atom stereocenters. The molecule has 1 N–H and O–H groups in total. The molecule has 7 nitrogen and oxygen atoms in total. The molecule has 1 aliphatic heterocycles. The van der Waals surface area contributed by atoms with Gasteiger partial charge in [-0.3, -0.25) is 14.4 Å². The quantitative estimate of drug-likeness (QED) is 0.769. The molecule has 1 aliphatic rings. The zero-order valence-electron chi connectivity index (χ0n) is 11.6. The molecular weight excluding hydrogens is 276 g/mol. The van der Waals surface area contributed by atoms with Gasteiger partial charge in [0.2, 0.25) is 0 Å². The number of carboxylic acids is 1. The zero-order valence-corrected chi connectivity index (χ0v) is 11.6. The molecule has 21 heavy (non-hydrogen) atoms. The number of carbonyl (C=O) groups excluding carboxylic acids is 2. The van der Waals surface area contributed by atoms with E-state index in [-0.39, 0.29) is 6.54 Å². The number of hydrogen-bond donors (Lipinski definition) is 1. The number of amides is 2. The lowest BCUT2D eigenvalue weighted by molar-refractivity contribution is -0.159. The number of nitrogens with zero attached hydrogens (tertiary/aromatic N) is 2. The van der Waals surface area contributed by atoms with E-state index in [2.05, 4.69) is 0 Å². The normalized spacial score (nSPS) is 15.3. The van der Waals surface area contributed by atoms with E-state index in [9.17, 15) is 14.4 Å². The third-order valence-corrected chi connectivity index (χ3v) is 3.23. The summed E-state index contributed by atoms with van der Waals surface area (Å²) in [5.41, 5.74) is 0.849. The number of benzene rings is 1. The van der Waals surface area contributed by atoms with Crippen molar-refractivity contribution in [2.24, 2.45) is 0 Å². The molecule has 0 bridgehead atoms. The second-order valence-corrected chi connectivity index (χ2v) is 4.70. The summed E-state index contributed by atoms with van der Waals surface area (Å²) in [6.07, 6.45) is 0. The van der Waals surface area contributed by atoms with Crippen LogP contribution in [0.1, 0.15) is 5.56 Å². The van der Waals surface area contributed by atoms with Crippen LogP contribution in [0.4, 0.5) is 0 Å². The summed E-state index contributed by atoms with van der Waals surface area (Å²) in [6.45, 7) is 0.385. The van der Waals surface area contributed by atoms with Crippen LogP contribution in [0.15, 0.2) is 24.3 Å². The lowest BCUT2D eigenvalue weighted by Crippen LogP contribution is -2.54. The van der Waals surface area contributed by atoms with Gasteiger partial charge in [0.1, 0.15) is 12.3 Å². The maximum absolute atomic E-state index is 12.0. The van der Waals surface area contributed by atoms with Crippen LogP contribution in [0.3, 0.4) is 0 Å².